The van der Waals surface area contributed by atoms with Gasteiger partial charge in [0.15, 0.2) is 11.5 Å². The number of fused-ring (bicyclic) bond motifs is 3. The van der Waals surface area contributed by atoms with Gasteiger partial charge < -0.3 is 10.4 Å². The zero-order valence-corrected chi connectivity index (χ0v) is 16.3. The van der Waals surface area contributed by atoms with Crippen LogP contribution in [0.2, 0.25) is 0 Å². The third kappa shape index (κ3) is 3.15. The van der Waals surface area contributed by atoms with E-state index in [1.165, 1.54) is 32.6 Å². The van der Waals surface area contributed by atoms with E-state index in [0.29, 0.717) is 16.7 Å². The highest BCUT2D eigenvalue weighted by Gasteiger charge is 2.21. The molecule has 0 bridgehead atoms. The molecule has 3 aromatic heterocycles. The van der Waals surface area contributed by atoms with E-state index in [9.17, 15) is 18.3 Å². The molecule has 1 aromatic carbocycles. The van der Waals surface area contributed by atoms with Crippen molar-refractivity contribution < 1.29 is 18.3 Å². The van der Waals surface area contributed by atoms with Crippen molar-refractivity contribution in [3.63, 3.8) is 0 Å². The number of imidazole rings is 1. The lowest BCUT2D eigenvalue weighted by molar-refractivity contribution is 0.0693. The predicted molar refractivity (Wildman–Crippen MR) is 106 cm³/mol. The Balaban J connectivity index is 1.90. The number of pyridine rings is 1. The molecule has 4 aromatic rings. The van der Waals surface area contributed by atoms with Crippen LogP contribution >= 0.6 is 0 Å². The molecule has 0 saturated heterocycles. The van der Waals surface area contributed by atoms with Gasteiger partial charge in [0.05, 0.1) is 22.1 Å². The highest BCUT2D eigenvalue weighted by atomic mass is 32.2. The lowest BCUT2D eigenvalue weighted by Crippen LogP contribution is -2.22. The third-order valence-corrected chi connectivity index (χ3v) is 6.15. The van der Waals surface area contributed by atoms with Crippen LogP contribution in [-0.4, -0.2) is 57.2 Å². The molecule has 11 heteroatoms. The molecule has 0 radical (unpaired) electrons. The Morgan fingerprint density at radius 2 is 2.03 bits per heavy atom. The molecule has 0 aliphatic carbocycles. The summed E-state index contributed by atoms with van der Waals surface area (Å²) < 4.78 is 27.5. The standard InChI is InChI=1S/C18H16N6O4S/c1-23(2)29(27,28)12-5-3-4-11(8-12)21-17-16-15(18(25)26)20-10-24(16)14-9-19-7-6-13(14)22-17/h3-10H,1-2H3,(H,21,22)(H,25,26). The van der Waals surface area contributed by atoms with Crippen molar-refractivity contribution >= 4 is 44.0 Å². The van der Waals surface area contributed by atoms with Crippen molar-refractivity contribution in [1.82, 2.24) is 23.7 Å². The fourth-order valence-corrected chi connectivity index (χ4v) is 3.86. The Morgan fingerprint density at radius 3 is 2.76 bits per heavy atom. The summed E-state index contributed by atoms with van der Waals surface area (Å²) in [6.45, 7) is 0. The van der Waals surface area contributed by atoms with E-state index in [-0.39, 0.29) is 21.9 Å². The van der Waals surface area contributed by atoms with Gasteiger partial charge in [0.25, 0.3) is 0 Å². The fourth-order valence-electron chi connectivity index (χ4n) is 2.92. The van der Waals surface area contributed by atoms with Gasteiger partial charge in [-0.15, -0.1) is 0 Å². The maximum atomic E-state index is 12.4. The molecule has 0 aliphatic rings. The average molecular weight is 412 g/mol. The van der Waals surface area contributed by atoms with Gasteiger partial charge in [-0.25, -0.2) is 27.5 Å². The monoisotopic (exact) mass is 412 g/mol. The molecular formula is C18H16N6O4S. The Bertz CT molecular complexity index is 1360. The minimum absolute atomic E-state index is 0.0977. The molecule has 0 amide bonds. The Morgan fingerprint density at radius 1 is 1.24 bits per heavy atom. The normalized spacial score (nSPS) is 12.0. The number of rotatable bonds is 5. The summed E-state index contributed by atoms with van der Waals surface area (Å²) in [7, 11) is -0.731. The van der Waals surface area contributed by atoms with Gasteiger partial charge in [-0.3, -0.25) is 9.38 Å². The lowest BCUT2D eigenvalue weighted by atomic mass is 10.3. The average Bonchev–Trinajstić information content (AvgIpc) is 3.14. The third-order valence-electron chi connectivity index (χ3n) is 4.34. The van der Waals surface area contributed by atoms with E-state index in [1.54, 1.807) is 35.0 Å². The Kier molecular flexibility index (Phi) is 4.40. The molecule has 0 fully saturated rings. The van der Waals surface area contributed by atoms with Crippen LogP contribution in [-0.2, 0) is 10.0 Å². The zero-order chi connectivity index (χ0) is 20.8. The number of anilines is 2. The van der Waals surface area contributed by atoms with E-state index in [0.717, 1.165) is 4.31 Å². The van der Waals surface area contributed by atoms with Crippen molar-refractivity contribution in [1.29, 1.82) is 0 Å². The molecule has 3 heterocycles. The fraction of sp³-hybridized carbons (Fsp3) is 0.111. The van der Waals surface area contributed by atoms with Crippen LogP contribution in [0.5, 0.6) is 0 Å². The van der Waals surface area contributed by atoms with Gasteiger partial charge in [-0.2, -0.15) is 0 Å². The van der Waals surface area contributed by atoms with Crippen LogP contribution in [0.15, 0.2) is 53.9 Å². The van der Waals surface area contributed by atoms with Gasteiger partial charge in [-0.1, -0.05) is 6.07 Å². The minimum Gasteiger partial charge on any atom is -0.476 e. The van der Waals surface area contributed by atoms with E-state index in [1.807, 2.05) is 0 Å². The first-order valence-corrected chi connectivity index (χ1v) is 9.87. The molecule has 2 N–H and O–H groups in total. The van der Waals surface area contributed by atoms with Gasteiger partial charge in [-0.05, 0) is 24.3 Å². The van der Waals surface area contributed by atoms with Gasteiger partial charge in [0, 0.05) is 26.0 Å². The van der Waals surface area contributed by atoms with Gasteiger partial charge in [0.2, 0.25) is 10.0 Å². The van der Waals surface area contributed by atoms with Gasteiger partial charge >= 0.3 is 5.97 Å². The number of carbonyl (C=O) groups is 1. The number of aromatic carboxylic acids is 1. The summed E-state index contributed by atoms with van der Waals surface area (Å²) in [5.41, 5.74) is 1.67. The van der Waals surface area contributed by atoms with E-state index in [4.69, 9.17) is 0 Å². The molecule has 4 rings (SSSR count). The molecule has 0 saturated carbocycles. The summed E-state index contributed by atoms with van der Waals surface area (Å²) in [5, 5.41) is 12.5. The first kappa shape index (κ1) is 18.8. The first-order valence-electron chi connectivity index (χ1n) is 8.43. The highest BCUT2D eigenvalue weighted by Crippen LogP contribution is 2.28. The summed E-state index contributed by atoms with van der Waals surface area (Å²) in [6, 6.07) is 7.89. The van der Waals surface area contributed by atoms with Crippen molar-refractivity contribution in [2.75, 3.05) is 19.4 Å². The second kappa shape index (κ2) is 6.79. The number of aromatic nitrogens is 4. The maximum absolute atomic E-state index is 12.4. The molecule has 0 spiro atoms. The topological polar surface area (TPSA) is 130 Å². The number of nitrogens with one attached hydrogen (secondary N) is 1. The van der Waals surface area contributed by atoms with Crippen molar-refractivity contribution in [3.8, 4) is 0 Å². The lowest BCUT2D eigenvalue weighted by Gasteiger charge is -2.14. The zero-order valence-electron chi connectivity index (χ0n) is 15.4. The van der Waals surface area contributed by atoms with Crippen LogP contribution in [0.25, 0.3) is 16.6 Å². The summed E-state index contributed by atoms with van der Waals surface area (Å²) in [5.74, 6) is -0.970. The van der Waals surface area contributed by atoms with Crippen molar-refractivity contribution in [2.24, 2.45) is 0 Å². The number of carboxylic acids is 1. The number of hydrogen-bond acceptors (Lipinski definition) is 7. The second-order valence-corrected chi connectivity index (χ2v) is 8.53. The van der Waals surface area contributed by atoms with Crippen LogP contribution in [0.4, 0.5) is 11.5 Å². The number of nitrogens with zero attached hydrogens (tertiary/aromatic N) is 5. The molecule has 148 valence electrons. The van der Waals surface area contributed by atoms with E-state index < -0.39 is 16.0 Å². The van der Waals surface area contributed by atoms with E-state index >= 15 is 0 Å². The van der Waals surface area contributed by atoms with E-state index in [2.05, 4.69) is 20.3 Å². The molecule has 29 heavy (non-hydrogen) atoms. The number of carboxylic acid groups (broad SMARTS) is 1. The molecule has 0 atom stereocenters. The number of benzene rings is 1. The summed E-state index contributed by atoms with van der Waals surface area (Å²) in [6.07, 6.45) is 4.53. The quantitative estimate of drug-likeness (QED) is 0.509. The highest BCUT2D eigenvalue weighted by molar-refractivity contribution is 7.89. The molecular weight excluding hydrogens is 396 g/mol. The largest absolute Gasteiger partial charge is 0.476 e. The van der Waals surface area contributed by atoms with Crippen molar-refractivity contribution in [3.05, 3.63) is 54.7 Å². The first-order chi connectivity index (χ1) is 13.8. The summed E-state index contributed by atoms with van der Waals surface area (Å²) in [4.78, 5) is 24.3. The maximum Gasteiger partial charge on any atom is 0.356 e. The Hall–Kier alpha value is -3.57. The Labute approximate surface area is 165 Å². The summed E-state index contributed by atoms with van der Waals surface area (Å²) >= 11 is 0. The molecule has 10 nitrogen and oxygen atoms in total. The molecule has 0 aliphatic heterocycles. The van der Waals surface area contributed by atoms with Crippen LogP contribution in [0, 0.1) is 0 Å². The minimum atomic E-state index is -3.63. The van der Waals surface area contributed by atoms with Gasteiger partial charge in [0.1, 0.15) is 11.8 Å². The molecule has 0 unspecified atom stereocenters. The number of hydrogen-bond donors (Lipinski definition) is 2. The van der Waals surface area contributed by atoms with Crippen molar-refractivity contribution in [2.45, 2.75) is 4.90 Å². The smallest absolute Gasteiger partial charge is 0.356 e. The van der Waals surface area contributed by atoms with Crippen LogP contribution in [0.3, 0.4) is 0 Å². The number of sulfonamides is 1. The second-order valence-electron chi connectivity index (χ2n) is 6.38. The predicted octanol–water partition coefficient (Wildman–Crippen LogP) is 1.97. The SMILES string of the molecule is CN(C)S(=O)(=O)c1cccc(Nc2nc3ccncc3n3cnc(C(=O)O)c23)c1. The van der Waals surface area contributed by atoms with Crippen LogP contribution < -0.4 is 5.32 Å². The van der Waals surface area contributed by atoms with Crippen LogP contribution in [0.1, 0.15) is 10.5 Å².